The number of nitrogens with zero attached hydrogens (tertiary/aromatic N) is 1. The lowest BCUT2D eigenvalue weighted by atomic mass is 9.91. The molecule has 2 aliphatic heterocycles. The highest BCUT2D eigenvalue weighted by Gasteiger charge is 2.47. The molecule has 0 N–H and O–H groups in total. The summed E-state index contributed by atoms with van der Waals surface area (Å²) in [4.78, 5) is 14.5. The van der Waals surface area contributed by atoms with Crippen molar-refractivity contribution in [2.75, 3.05) is 6.54 Å². The van der Waals surface area contributed by atoms with E-state index in [1.54, 1.807) is 4.90 Å². The zero-order valence-electron chi connectivity index (χ0n) is 16.0. The topological polar surface area (TPSA) is 48.0 Å². The number of allylic oxidation sites excluding steroid dienone is 1. The predicted octanol–water partition coefficient (Wildman–Crippen LogP) is 4.96. The number of amides is 1. The fourth-order valence-electron chi connectivity index (χ4n) is 3.59. The lowest BCUT2D eigenvalue weighted by Crippen LogP contribution is -2.45. The smallest absolute Gasteiger partial charge is 0.414 e. The number of carbonyl (C=O) groups excluding carboxylic acids is 1. The van der Waals surface area contributed by atoms with Gasteiger partial charge in [0.05, 0.1) is 5.70 Å². The Morgan fingerprint density at radius 3 is 2.62 bits per heavy atom. The number of benzene rings is 1. The third-order valence-electron chi connectivity index (χ3n) is 5.06. The molecule has 140 valence electrons. The SMILES string of the molecule is CC1CC=C(c2ccc3c(c2)OC2(CCC2)O3)N(C(=O)OC(C)(C)C)C1. The van der Waals surface area contributed by atoms with Crippen LogP contribution in [0.4, 0.5) is 4.79 Å². The van der Waals surface area contributed by atoms with Gasteiger partial charge in [0.2, 0.25) is 0 Å². The van der Waals surface area contributed by atoms with Crippen LogP contribution in [0.1, 0.15) is 58.9 Å². The molecule has 0 aromatic heterocycles. The van der Waals surface area contributed by atoms with Gasteiger partial charge in [0.25, 0.3) is 5.79 Å². The Hall–Kier alpha value is -2.17. The summed E-state index contributed by atoms with van der Waals surface area (Å²) in [6, 6.07) is 5.94. The van der Waals surface area contributed by atoms with Crippen LogP contribution in [0.15, 0.2) is 24.3 Å². The lowest BCUT2D eigenvalue weighted by molar-refractivity contribution is -0.138. The number of fused-ring (bicyclic) bond motifs is 1. The minimum Gasteiger partial charge on any atom is -0.448 e. The molecule has 1 amide bonds. The summed E-state index contributed by atoms with van der Waals surface area (Å²) in [6.45, 7) is 8.46. The number of rotatable bonds is 1. The Bertz CT molecular complexity index is 758. The maximum atomic E-state index is 12.7. The first-order valence-electron chi connectivity index (χ1n) is 9.48. The van der Waals surface area contributed by atoms with Gasteiger partial charge in [-0.3, -0.25) is 4.90 Å². The molecule has 0 radical (unpaired) electrons. The van der Waals surface area contributed by atoms with E-state index in [-0.39, 0.29) is 6.09 Å². The van der Waals surface area contributed by atoms with Crippen molar-refractivity contribution < 1.29 is 19.0 Å². The van der Waals surface area contributed by atoms with E-state index in [0.29, 0.717) is 12.5 Å². The second kappa shape index (κ2) is 5.93. The zero-order valence-corrected chi connectivity index (χ0v) is 16.0. The summed E-state index contributed by atoms with van der Waals surface area (Å²) >= 11 is 0. The Morgan fingerprint density at radius 1 is 1.23 bits per heavy atom. The molecule has 2 heterocycles. The average molecular weight is 357 g/mol. The Morgan fingerprint density at radius 2 is 1.96 bits per heavy atom. The average Bonchev–Trinajstić information content (AvgIpc) is 2.92. The van der Waals surface area contributed by atoms with Gasteiger partial charge in [-0.15, -0.1) is 0 Å². The first-order valence-corrected chi connectivity index (χ1v) is 9.48. The van der Waals surface area contributed by atoms with E-state index < -0.39 is 11.4 Å². The Kier molecular flexibility index (Phi) is 3.94. The van der Waals surface area contributed by atoms with Gasteiger partial charge in [0.15, 0.2) is 11.5 Å². The molecule has 5 nitrogen and oxygen atoms in total. The molecule has 0 bridgehead atoms. The lowest BCUT2D eigenvalue weighted by Gasteiger charge is -2.35. The van der Waals surface area contributed by atoms with Gasteiger partial charge in [-0.05, 0) is 57.7 Å². The molecule has 4 rings (SSSR count). The normalized spacial score (nSPS) is 23.5. The summed E-state index contributed by atoms with van der Waals surface area (Å²) in [5.74, 6) is 1.52. The van der Waals surface area contributed by atoms with E-state index in [9.17, 15) is 4.79 Å². The summed E-state index contributed by atoms with van der Waals surface area (Å²) in [7, 11) is 0. The molecule has 1 aromatic carbocycles. The predicted molar refractivity (Wildman–Crippen MR) is 99.0 cm³/mol. The molecule has 5 heteroatoms. The standard InChI is InChI=1S/C21H27NO4/c1-14-6-8-16(22(13-14)19(23)26-20(2,3)4)15-7-9-17-18(12-15)25-21(24-17)10-5-11-21/h7-9,12,14H,5-6,10-11,13H2,1-4H3. The maximum absolute atomic E-state index is 12.7. The third kappa shape index (κ3) is 3.15. The third-order valence-corrected chi connectivity index (χ3v) is 5.06. The maximum Gasteiger partial charge on any atom is 0.414 e. The number of hydrogen-bond donors (Lipinski definition) is 0. The second-order valence-electron chi connectivity index (χ2n) is 8.65. The Labute approximate surface area is 154 Å². The van der Waals surface area contributed by atoms with Crippen LogP contribution in [0.25, 0.3) is 5.70 Å². The first kappa shape index (κ1) is 17.3. The quantitative estimate of drug-likeness (QED) is 0.713. The summed E-state index contributed by atoms with van der Waals surface area (Å²) in [5, 5.41) is 0. The molecular weight excluding hydrogens is 330 g/mol. The number of carbonyl (C=O) groups is 1. The van der Waals surface area contributed by atoms with Gasteiger partial charge >= 0.3 is 6.09 Å². The van der Waals surface area contributed by atoms with E-state index in [0.717, 1.165) is 48.4 Å². The van der Waals surface area contributed by atoms with Gasteiger partial charge in [0, 0.05) is 24.9 Å². The van der Waals surface area contributed by atoms with E-state index in [4.69, 9.17) is 14.2 Å². The van der Waals surface area contributed by atoms with Crippen molar-refractivity contribution in [3.05, 3.63) is 29.8 Å². The van der Waals surface area contributed by atoms with Gasteiger partial charge in [-0.25, -0.2) is 4.79 Å². The van der Waals surface area contributed by atoms with Crippen LogP contribution in [0.2, 0.25) is 0 Å². The van der Waals surface area contributed by atoms with E-state index in [2.05, 4.69) is 13.0 Å². The van der Waals surface area contributed by atoms with Gasteiger partial charge in [0.1, 0.15) is 5.60 Å². The van der Waals surface area contributed by atoms with Crippen molar-refractivity contribution in [3.8, 4) is 11.5 Å². The monoisotopic (exact) mass is 357 g/mol. The van der Waals surface area contributed by atoms with E-state index >= 15 is 0 Å². The van der Waals surface area contributed by atoms with Crippen molar-refractivity contribution in [3.63, 3.8) is 0 Å². The van der Waals surface area contributed by atoms with Crippen molar-refractivity contribution in [1.82, 2.24) is 4.90 Å². The molecule has 1 atom stereocenters. The molecule has 26 heavy (non-hydrogen) atoms. The summed E-state index contributed by atoms with van der Waals surface area (Å²) < 4.78 is 17.7. The summed E-state index contributed by atoms with van der Waals surface area (Å²) in [5.41, 5.74) is 1.33. The van der Waals surface area contributed by atoms with Crippen LogP contribution in [0, 0.1) is 5.92 Å². The molecule has 1 aromatic rings. The van der Waals surface area contributed by atoms with Crippen molar-refractivity contribution in [1.29, 1.82) is 0 Å². The molecular formula is C21H27NO4. The second-order valence-corrected chi connectivity index (χ2v) is 8.65. The van der Waals surface area contributed by atoms with Gasteiger partial charge < -0.3 is 14.2 Å². The fourth-order valence-corrected chi connectivity index (χ4v) is 3.59. The molecule has 1 aliphatic carbocycles. The molecule has 1 saturated carbocycles. The van der Waals surface area contributed by atoms with Crippen molar-refractivity contribution in [2.24, 2.45) is 5.92 Å². The zero-order chi connectivity index (χ0) is 18.5. The van der Waals surface area contributed by atoms with Gasteiger partial charge in [-0.1, -0.05) is 13.0 Å². The fraction of sp³-hybridized carbons (Fsp3) is 0.571. The highest BCUT2D eigenvalue weighted by Crippen LogP contribution is 2.49. The molecule has 1 unspecified atom stereocenters. The van der Waals surface area contributed by atoms with Crippen LogP contribution in [-0.4, -0.2) is 28.9 Å². The van der Waals surface area contributed by atoms with Crippen LogP contribution in [-0.2, 0) is 4.74 Å². The van der Waals surface area contributed by atoms with Crippen LogP contribution in [0.5, 0.6) is 11.5 Å². The van der Waals surface area contributed by atoms with Crippen LogP contribution < -0.4 is 9.47 Å². The van der Waals surface area contributed by atoms with Gasteiger partial charge in [-0.2, -0.15) is 0 Å². The largest absolute Gasteiger partial charge is 0.448 e. The van der Waals surface area contributed by atoms with Crippen LogP contribution in [0.3, 0.4) is 0 Å². The highest BCUT2D eigenvalue weighted by molar-refractivity contribution is 5.83. The molecule has 1 fully saturated rings. The minimum atomic E-state index is -0.519. The van der Waals surface area contributed by atoms with Crippen molar-refractivity contribution in [2.45, 2.75) is 64.8 Å². The minimum absolute atomic E-state index is 0.302. The van der Waals surface area contributed by atoms with Crippen molar-refractivity contribution >= 4 is 11.8 Å². The van der Waals surface area contributed by atoms with E-state index in [1.807, 2.05) is 39.0 Å². The molecule has 1 spiro atoms. The number of hydrogen-bond acceptors (Lipinski definition) is 4. The molecule has 3 aliphatic rings. The first-order chi connectivity index (χ1) is 12.2. The highest BCUT2D eigenvalue weighted by atomic mass is 16.7. The van der Waals surface area contributed by atoms with E-state index in [1.165, 1.54) is 0 Å². The van der Waals surface area contributed by atoms with Crippen LogP contribution >= 0.6 is 0 Å². The number of ether oxygens (including phenoxy) is 3. The summed E-state index contributed by atoms with van der Waals surface area (Å²) in [6.07, 6.45) is 5.75. The Balaban J connectivity index is 1.61. The molecule has 0 saturated heterocycles.